The van der Waals surface area contributed by atoms with Gasteiger partial charge in [0.2, 0.25) is 0 Å². The van der Waals surface area contributed by atoms with Gasteiger partial charge in [0.1, 0.15) is 5.75 Å². The molecule has 19 heavy (non-hydrogen) atoms. The second-order valence-corrected chi connectivity index (χ2v) is 4.36. The fraction of sp³-hybridized carbons (Fsp3) is 0.500. The van der Waals surface area contributed by atoms with Gasteiger partial charge in [-0.05, 0) is 18.6 Å². The maximum atomic E-state index is 12.4. The summed E-state index contributed by atoms with van der Waals surface area (Å²) in [4.78, 5) is 14.0. The van der Waals surface area contributed by atoms with Crippen LogP contribution in [0.4, 0.5) is 5.69 Å². The van der Waals surface area contributed by atoms with Crippen LogP contribution < -0.4 is 10.5 Å². The predicted octanol–water partition coefficient (Wildman–Crippen LogP) is 1.51. The second kappa shape index (κ2) is 7.63. The average Bonchev–Trinajstić information content (AvgIpc) is 2.41. The SMILES string of the molecule is CCCCN(CCO)C(=O)c1cc(N)cc(OC)c1. The molecule has 0 unspecified atom stereocenters. The summed E-state index contributed by atoms with van der Waals surface area (Å²) in [5.41, 5.74) is 6.72. The van der Waals surface area contributed by atoms with Gasteiger partial charge in [0.05, 0.1) is 13.7 Å². The van der Waals surface area contributed by atoms with Crippen LogP contribution in [-0.2, 0) is 0 Å². The summed E-state index contributed by atoms with van der Waals surface area (Å²) < 4.78 is 5.11. The number of rotatable bonds is 7. The monoisotopic (exact) mass is 266 g/mol. The summed E-state index contributed by atoms with van der Waals surface area (Å²) >= 11 is 0. The third-order valence-corrected chi connectivity index (χ3v) is 2.85. The van der Waals surface area contributed by atoms with Crippen LogP contribution in [0.5, 0.6) is 5.75 Å². The van der Waals surface area contributed by atoms with E-state index in [1.807, 2.05) is 0 Å². The highest BCUT2D eigenvalue weighted by atomic mass is 16.5. The topological polar surface area (TPSA) is 75.8 Å². The van der Waals surface area contributed by atoms with Gasteiger partial charge in [0.15, 0.2) is 0 Å². The number of unbranched alkanes of at least 4 members (excludes halogenated alkanes) is 1. The Bertz CT molecular complexity index is 421. The first-order chi connectivity index (χ1) is 9.12. The summed E-state index contributed by atoms with van der Waals surface area (Å²) in [5.74, 6) is 0.427. The molecular weight excluding hydrogens is 244 g/mol. The van der Waals surface area contributed by atoms with Gasteiger partial charge >= 0.3 is 0 Å². The minimum absolute atomic E-state index is 0.0467. The Hall–Kier alpha value is -1.75. The first-order valence-corrected chi connectivity index (χ1v) is 6.47. The summed E-state index contributed by atoms with van der Waals surface area (Å²) in [6.45, 7) is 2.98. The van der Waals surface area contributed by atoms with Crippen LogP contribution in [0.1, 0.15) is 30.1 Å². The van der Waals surface area contributed by atoms with Gasteiger partial charge in [-0.25, -0.2) is 0 Å². The zero-order chi connectivity index (χ0) is 14.3. The lowest BCUT2D eigenvalue weighted by molar-refractivity contribution is 0.0719. The number of carbonyl (C=O) groups excluding carboxylic acids is 1. The average molecular weight is 266 g/mol. The van der Waals surface area contributed by atoms with Crippen molar-refractivity contribution in [3.63, 3.8) is 0 Å². The van der Waals surface area contributed by atoms with Crippen molar-refractivity contribution in [2.75, 3.05) is 32.5 Å². The van der Waals surface area contributed by atoms with E-state index in [0.717, 1.165) is 12.8 Å². The van der Waals surface area contributed by atoms with Crippen molar-refractivity contribution in [2.45, 2.75) is 19.8 Å². The lowest BCUT2D eigenvalue weighted by atomic mass is 10.1. The molecule has 1 aromatic rings. The lowest BCUT2D eigenvalue weighted by Crippen LogP contribution is -2.34. The van der Waals surface area contributed by atoms with Crippen molar-refractivity contribution < 1.29 is 14.6 Å². The molecule has 0 aliphatic rings. The Morgan fingerprint density at radius 3 is 2.68 bits per heavy atom. The minimum Gasteiger partial charge on any atom is -0.497 e. The molecule has 0 bridgehead atoms. The molecule has 0 aromatic heterocycles. The number of hydrogen-bond acceptors (Lipinski definition) is 4. The molecule has 0 radical (unpaired) electrons. The number of anilines is 1. The molecular formula is C14H22N2O3. The second-order valence-electron chi connectivity index (χ2n) is 4.36. The Labute approximate surface area is 114 Å². The third-order valence-electron chi connectivity index (χ3n) is 2.85. The third kappa shape index (κ3) is 4.44. The molecule has 0 fully saturated rings. The zero-order valence-electron chi connectivity index (χ0n) is 11.6. The molecule has 0 atom stereocenters. The van der Waals surface area contributed by atoms with Gasteiger partial charge in [-0.3, -0.25) is 4.79 Å². The van der Waals surface area contributed by atoms with Crippen LogP contribution in [0.15, 0.2) is 18.2 Å². The summed E-state index contributed by atoms with van der Waals surface area (Å²) in [6, 6.07) is 4.95. The van der Waals surface area contributed by atoms with Crippen LogP contribution in [0.2, 0.25) is 0 Å². The number of carbonyl (C=O) groups is 1. The van der Waals surface area contributed by atoms with E-state index in [9.17, 15) is 4.79 Å². The van der Waals surface area contributed by atoms with Crippen LogP contribution in [0.25, 0.3) is 0 Å². The quantitative estimate of drug-likeness (QED) is 0.734. The van der Waals surface area contributed by atoms with E-state index in [2.05, 4.69) is 6.92 Å². The van der Waals surface area contributed by atoms with E-state index in [0.29, 0.717) is 30.1 Å². The summed E-state index contributed by atoms with van der Waals surface area (Å²) in [6.07, 6.45) is 1.90. The molecule has 0 saturated carbocycles. The van der Waals surface area contributed by atoms with Crippen molar-refractivity contribution in [1.29, 1.82) is 0 Å². The molecule has 0 aliphatic carbocycles. The minimum atomic E-state index is -0.131. The van der Waals surface area contributed by atoms with Gasteiger partial charge in [-0.15, -0.1) is 0 Å². The van der Waals surface area contributed by atoms with Gasteiger partial charge < -0.3 is 20.5 Å². The number of nitrogen functional groups attached to an aromatic ring is 1. The number of amides is 1. The normalized spacial score (nSPS) is 10.3. The predicted molar refractivity (Wildman–Crippen MR) is 75.3 cm³/mol. The van der Waals surface area contributed by atoms with Crippen LogP contribution in [-0.4, -0.2) is 42.7 Å². The highest BCUT2D eigenvalue weighted by Crippen LogP contribution is 2.19. The van der Waals surface area contributed by atoms with E-state index < -0.39 is 0 Å². The first-order valence-electron chi connectivity index (χ1n) is 6.47. The van der Waals surface area contributed by atoms with Crippen molar-refractivity contribution in [2.24, 2.45) is 0 Å². The largest absolute Gasteiger partial charge is 0.497 e. The highest BCUT2D eigenvalue weighted by molar-refractivity contribution is 5.95. The molecule has 1 aromatic carbocycles. The molecule has 0 spiro atoms. The molecule has 0 aliphatic heterocycles. The Morgan fingerprint density at radius 1 is 1.37 bits per heavy atom. The standard InChI is InChI=1S/C14H22N2O3/c1-3-4-5-16(6-7-17)14(18)11-8-12(15)10-13(9-11)19-2/h8-10,17H,3-7,15H2,1-2H3. The van der Waals surface area contributed by atoms with Crippen LogP contribution >= 0.6 is 0 Å². The zero-order valence-corrected chi connectivity index (χ0v) is 11.6. The lowest BCUT2D eigenvalue weighted by Gasteiger charge is -2.22. The highest BCUT2D eigenvalue weighted by Gasteiger charge is 2.16. The summed E-state index contributed by atoms with van der Waals surface area (Å²) in [5, 5.41) is 9.04. The van der Waals surface area contributed by atoms with Crippen molar-refractivity contribution in [3.05, 3.63) is 23.8 Å². The number of aliphatic hydroxyl groups is 1. The maximum Gasteiger partial charge on any atom is 0.254 e. The molecule has 1 rings (SSSR count). The van der Waals surface area contributed by atoms with E-state index >= 15 is 0 Å². The molecule has 106 valence electrons. The fourth-order valence-corrected chi connectivity index (χ4v) is 1.83. The van der Waals surface area contributed by atoms with E-state index in [1.165, 1.54) is 7.11 Å². The van der Waals surface area contributed by atoms with Crippen LogP contribution in [0.3, 0.4) is 0 Å². The molecule has 5 heteroatoms. The van der Waals surface area contributed by atoms with Crippen LogP contribution in [0, 0.1) is 0 Å². The number of methoxy groups -OCH3 is 1. The van der Waals surface area contributed by atoms with E-state index in [4.69, 9.17) is 15.6 Å². The number of hydrogen-bond donors (Lipinski definition) is 2. The van der Waals surface area contributed by atoms with Gasteiger partial charge in [-0.1, -0.05) is 13.3 Å². The number of nitrogens with two attached hydrogens (primary N) is 1. The Kier molecular flexibility index (Phi) is 6.15. The number of aliphatic hydroxyl groups excluding tert-OH is 1. The number of ether oxygens (including phenoxy) is 1. The molecule has 0 heterocycles. The van der Waals surface area contributed by atoms with E-state index in [-0.39, 0.29) is 12.5 Å². The Morgan fingerprint density at radius 2 is 2.11 bits per heavy atom. The molecule has 0 saturated heterocycles. The van der Waals surface area contributed by atoms with Gasteiger partial charge in [-0.2, -0.15) is 0 Å². The first kappa shape index (κ1) is 15.3. The molecule has 5 nitrogen and oxygen atoms in total. The molecule has 1 amide bonds. The van der Waals surface area contributed by atoms with Gasteiger partial charge in [0.25, 0.3) is 5.91 Å². The van der Waals surface area contributed by atoms with Crippen molar-refractivity contribution in [3.8, 4) is 5.75 Å². The van der Waals surface area contributed by atoms with Crippen molar-refractivity contribution >= 4 is 11.6 Å². The smallest absolute Gasteiger partial charge is 0.254 e. The number of nitrogens with zero attached hydrogens (tertiary/aromatic N) is 1. The fourth-order valence-electron chi connectivity index (χ4n) is 1.83. The Balaban J connectivity index is 2.91. The molecule has 3 N–H and O–H groups in total. The van der Waals surface area contributed by atoms with E-state index in [1.54, 1.807) is 23.1 Å². The van der Waals surface area contributed by atoms with Gasteiger partial charge in [0, 0.05) is 30.4 Å². The summed E-state index contributed by atoms with van der Waals surface area (Å²) in [7, 11) is 1.53. The number of benzene rings is 1. The van der Waals surface area contributed by atoms with Crippen molar-refractivity contribution in [1.82, 2.24) is 4.90 Å². The maximum absolute atomic E-state index is 12.4.